The summed E-state index contributed by atoms with van der Waals surface area (Å²) in [4.78, 5) is 12.0. The summed E-state index contributed by atoms with van der Waals surface area (Å²) in [5.41, 5.74) is 6.23. The van der Waals surface area contributed by atoms with E-state index in [0.29, 0.717) is 10.7 Å². The minimum atomic E-state index is -0.556. The first-order valence-electron chi connectivity index (χ1n) is 6.15. The van der Waals surface area contributed by atoms with E-state index in [-0.39, 0.29) is 17.7 Å². The standard InChI is InChI=1S/C16H12ClFN2O/c17-13-5-7-14(8-6-13)20-16(21)12-4-3-11(2-1-9-19)15(18)10-12/h3-8,10H,9,19H2,(H,20,21). The highest BCUT2D eigenvalue weighted by molar-refractivity contribution is 6.30. The predicted octanol–water partition coefficient (Wildman–Crippen LogP) is 3.04. The fraction of sp³-hybridized carbons (Fsp3) is 0.0625. The maximum absolute atomic E-state index is 13.8. The third-order valence-electron chi connectivity index (χ3n) is 2.66. The van der Waals surface area contributed by atoms with Crippen LogP contribution in [0.15, 0.2) is 42.5 Å². The van der Waals surface area contributed by atoms with Crippen LogP contribution in [0.5, 0.6) is 0 Å². The second kappa shape index (κ2) is 6.89. The first-order chi connectivity index (χ1) is 10.1. The van der Waals surface area contributed by atoms with Crippen LogP contribution in [0.2, 0.25) is 5.02 Å². The molecule has 0 bridgehead atoms. The number of nitrogens with two attached hydrogens (primary N) is 1. The molecule has 106 valence electrons. The van der Waals surface area contributed by atoms with Crippen LogP contribution in [0.4, 0.5) is 10.1 Å². The summed E-state index contributed by atoms with van der Waals surface area (Å²) in [6.07, 6.45) is 0. The van der Waals surface area contributed by atoms with Crippen molar-refractivity contribution in [1.29, 1.82) is 0 Å². The highest BCUT2D eigenvalue weighted by atomic mass is 35.5. The molecule has 3 N–H and O–H groups in total. The molecule has 2 aromatic carbocycles. The topological polar surface area (TPSA) is 55.1 Å². The number of carbonyl (C=O) groups excluding carboxylic acids is 1. The third-order valence-corrected chi connectivity index (χ3v) is 2.91. The normalized spacial score (nSPS) is 9.67. The van der Waals surface area contributed by atoms with E-state index in [2.05, 4.69) is 17.2 Å². The maximum Gasteiger partial charge on any atom is 0.255 e. The van der Waals surface area contributed by atoms with Gasteiger partial charge in [0.25, 0.3) is 5.91 Å². The van der Waals surface area contributed by atoms with Crippen molar-refractivity contribution in [2.24, 2.45) is 5.73 Å². The molecule has 0 aliphatic carbocycles. The van der Waals surface area contributed by atoms with Gasteiger partial charge in [0.2, 0.25) is 0 Å². The molecule has 0 aliphatic heterocycles. The molecule has 2 aromatic rings. The molecule has 0 spiro atoms. The van der Waals surface area contributed by atoms with Crippen LogP contribution in [0.1, 0.15) is 15.9 Å². The van der Waals surface area contributed by atoms with E-state index >= 15 is 0 Å². The Morgan fingerprint density at radius 1 is 1.24 bits per heavy atom. The molecular weight excluding hydrogens is 291 g/mol. The number of nitrogens with one attached hydrogen (secondary N) is 1. The van der Waals surface area contributed by atoms with Gasteiger partial charge in [0.05, 0.1) is 12.1 Å². The van der Waals surface area contributed by atoms with Crippen LogP contribution in [0.25, 0.3) is 0 Å². The number of anilines is 1. The van der Waals surface area contributed by atoms with Crippen LogP contribution < -0.4 is 11.1 Å². The Balaban J connectivity index is 2.16. The van der Waals surface area contributed by atoms with Gasteiger partial charge in [-0.05, 0) is 42.5 Å². The summed E-state index contributed by atoms with van der Waals surface area (Å²) < 4.78 is 13.8. The van der Waals surface area contributed by atoms with Crippen molar-refractivity contribution in [3.63, 3.8) is 0 Å². The van der Waals surface area contributed by atoms with Gasteiger partial charge in [0, 0.05) is 16.3 Å². The van der Waals surface area contributed by atoms with E-state index in [9.17, 15) is 9.18 Å². The first-order valence-corrected chi connectivity index (χ1v) is 6.53. The van der Waals surface area contributed by atoms with Crippen LogP contribution in [-0.2, 0) is 0 Å². The molecule has 3 nitrogen and oxygen atoms in total. The molecule has 21 heavy (non-hydrogen) atoms. The van der Waals surface area contributed by atoms with Crippen LogP contribution in [-0.4, -0.2) is 12.5 Å². The summed E-state index contributed by atoms with van der Waals surface area (Å²) in [5, 5.41) is 3.23. The Hall–Kier alpha value is -2.35. The van der Waals surface area contributed by atoms with E-state index in [0.717, 1.165) is 6.07 Å². The Bertz CT molecular complexity index is 717. The predicted molar refractivity (Wildman–Crippen MR) is 81.7 cm³/mol. The second-order valence-electron chi connectivity index (χ2n) is 4.16. The van der Waals surface area contributed by atoms with Gasteiger partial charge in [0.1, 0.15) is 5.82 Å². The summed E-state index contributed by atoms with van der Waals surface area (Å²) in [5.74, 6) is 4.20. The number of hydrogen-bond acceptors (Lipinski definition) is 2. The zero-order chi connectivity index (χ0) is 15.2. The largest absolute Gasteiger partial charge is 0.322 e. The lowest BCUT2D eigenvalue weighted by Crippen LogP contribution is -2.12. The molecular formula is C16H12ClFN2O. The second-order valence-corrected chi connectivity index (χ2v) is 4.60. The average Bonchev–Trinajstić information content (AvgIpc) is 2.48. The number of rotatable bonds is 2. The van der Waals surface area contributed by atoms with Crippen molar-refractivity contribution < 1.29 is 9.18 Å². The average molecular weight is 303 g/mol. The molecule has 5 heteroatoms. The van der Waals surface area contributed by atoms with E-state index in [4.69, 9.17) is 17.3 Å². The third kappa shape index (κ3) is 4.06. The number of carbonyl (C=O) groups is 1. The molecule has 0 atom stereocenters. The van der Waals surface area contributed by atoms with Crippen molar-refractivity contribution in [2.45, 2.75) is 0 Å². The Morgan fingerprint density at radius 2 is 1.95 bits per heavy atom. The SMILES string of the molecule is NCC#Cc1ccc(C(=O)Nc2ccc(Cl)cc2)cc1F. The summed E-state index contributed by atoms with van der Waals surface area (Å²) in [6.45, 7) is 0.151. The number of hydrogen-bond donors (Lipinski definition) is 2. The molecule has 1 amide bonds. The quantitative estimate of drug-likeness (QED) is 0.838. The van der Waals surface area contributed by atoms with Gasteiger partial charge < -0.3 is 11.1 Å². The lowest BCUT2D eigenvalue weighted by molar-refractivity contribution is 0.102. The van der Waals surface area contributed by atoms with Gasteiger partial charge in [-0.3, -0.25) is 4.79 Å². The molecule has 0 fully saturated rings. The Morgan fingerprint density at radius 3 is 2.57 bits per heavy atom. The number of benzene rings is 2. The van der Waals surface area contributed by atoms with Crippen molar-refractivity contribution in [2.75, 3.05) is 11.9 Å². The van der Waals surface area contributed by atoms with Gasteiger partial charge in [-0.25, -0.2) is 4.39 Å². The highest BCUT2D eigenvalue weighted by Crippen LogP contribution is 2.15. The number of halogens is 2. The van der Waals surface area contributed by atoms with Gasteiger partial charge in [-0.15, -0.1) is 0 Å². The van der Waals surface area contributed by atoms with E-state index in [1.165, 1.54) is 12.1 Å². The Kier molecular flexibility index (Phi) is 4.94. The maximum atomic E-state index is 13.8. The van der Waals surface area contributed by atoms with E-state index in [1.807, 2.05) is 0 Å². The zero-order valence-corrected chi connectivity index (χ0v) is 11.7. The molecule has 0 aliphatic rings. The van der Waals surface area contributed by atoms with Gasteiger partial charge >= 0.3 is 0 Å². The minimum Gasteiger partial charge on any atom is -0.322 e. The van der Waals surface area contributed by atoms with Crippen molar-refractivity contribution in [1.82, 2.24) is 0 Å². The lowest BCUT2D eigenvalue weighted by atomic mass is 10.1. The van der Waals surface area contributed by atoms with E-state index in [1.54, 1.807) is 24.3 Å². The molecule has 0 saturated carbocycles. The Labute approximate surface area is 126 Å². The monoisotopic (exact) mass is 302 g/mol. The molecule has 0 radical (unpaired) electrons. The zero-order valence-electron chi connectivity index (χ0n) is 11.0. The molecule has 0 unspecified atom stereocenters. The van der Waals surface area contributed by atoms with Gasteiger partial charge in [-0.2, -0.15) is 0 Å². The van der Waals surface area contributed by atoms with E-state index < -0.39 is 11.7 Å². The first kappa shape index (κ1) is 15.0. The van der Waals surface area contributed by atoms with Crippen molar-refractivity contribution in [3.8, 4) is 11.8 Å². The molecule has 0 saturated heterocycles. The smallest absolute Gasteiger partial charge is 0.255 e. The minimum absolute atomic E-state index is 0.151. The highest BCUT2D eigenvalue weighted by Gasteiger charge is 2.09. The molecule has 0 aromatic heterocycles. The lowest BCUT2D eigenvalue weighted by Gasteiger charge is -2.06. The summed E-state index contributed by atoms with van der Waals surface area (Å²) in [7, 11) is 0. The fourth-order valence-corrected chi connectivity index (χ4v) is 1.77. The van der Waals surface area contributed by atoms with Crippen LogP contribution in [0, 0.1) is 17.7 Å². The summed E-state index contributed by atoms with van der Waals surface area (Å²) in [6, 6.07) is 10.7. The van der Waals surface area contributed by atoms with Crippen molar-refractivity contribution >= 4 is 23.2 Å². The van der Waals surface area contributed by atoms with Crippen LogP contribution in [0.3, 0.4) is 0 Å². The molecule has 0 heterocycles. The fourth-order valence-electron chi connectivity index (χ4n) is 1.64. The van der Waals surface area contributed by atoms with Gasteiger partial charge in [0.15, 0.2) is 0 Å². The van der Waals surface area contributed by atoms with Crippen LogP contribution >= 0.6 is 11.6 Å². The number of amides is 1. The summed E-state index contributed by atoms with van der Waals surface area (Å²) >= 11 is 5.76. The van der Waals surface area contributed by atoms with Crippen molar-refractivity contribution in [3.05, 3.63) is 64.4 Å². The van der Waals surface area contributed by atoms with Gasteiger partial charge in [-0.1, -0.05) is 23.4 Å². The molecule has 2 rings (SSSR count).